The second kappa shape index (κ2) is 6.10. The first-order valence-electron chi connectivity index (χ1n) is 7.85. The molecule has 6 heteroatoms. The lowest BCUT2D eigenvalue weighted by molar-refractivity contribution is 0.101. The van der Waals surface area contributed by atoms with E-state index >= 15 is 0 Å². The Labute approximate surface area is 131 Å². The van der Waals surface area contributed by atoms with Crippen LogP contribution in [0.4, 0.5) is 0 Å². The minimum absolute atomic E-state index is 0.00205. The molecule has 2 saturated heterocycles. The molecule has 0 unspecified atom stereocenters. The number of sulfonamides is 1. The number of nitrogens with one attached hydrogen (secondary N) is 1. The number of carbonyl (C=O) groups is 1. The van der Waals surface area contributed by atoms with Crippen LogP contribution in [0.25, 0.3) is 0 Å². The summed E-state index contributed by atoms with van der Waals surface area (Å²) in [5, 5.41) is 0. The van der Waals surface area contributed by atoms with E-state index in [1.807, 2.05) is 0 Å². The number of benzene rings is 1. The third kappa shape index (κ3) is 3.09. The summed E-state index contributed by atoms with van der Waals surface area (Å²) in [6, 6.07) is 6.48. The second-order valence-electron chi connectivity index (χ2n) is 6.20. The van der Waals surface area contributed by atoms with Crippen LogP contribution in [-0.4, -0.2) is 44.3 Å². The van der Waals surface area contributed by atoms with Crippen molar-refractivity contribution in [2.45, 2.75) is 49.6 Å². The molecule has 1 aromatic rings. The normalized spacial score (nSPS) is 25.9. The van der Waals surface area contributed by atoms with Gasteiger partial charge in [-0.2, -0.15) is 0 Å². The fraction of sp³-hybridized carbons (Fsp3) is 0.562. The second-order valence-corrected chi connectivity index (χ2v) is 7.91. The number of rotatable bonds is 4. The predicted octanol–water partition coefficient (Wildman–Crippen LogP) is 1.79. The fourth-order valence-corrected chi connectivity index (χ4v) is 4.82. The molecule has 0 spiro atoms. The topological polar surface area (TPSA) is 66.5 Å². The van der Waals surface area contributed by atoms with Crippen molar-refractivity contribution in [3.63, 3.8) is 0 Å². The first-order valence-corrected chi connectivity index (χ1v) is 9.33. The highest BCUT2D eigenvalue weighted by Gasteiger charge is 2.37. The molecular weight excluding hydrogens is 300 g/mol. The molecule has 5 nitrogen and oxygen atoms in total. The summed E-state index contributed by atoms with van der Waals surface area (Å²) in [5.41, 5.74) is 0.526. The molecule has 0 aromatic heterocycles. The summed E-state index contributed by atoms with van der Waals surface area (Å²) >= 11 is 0. The van der Waals surface area contributed by atoms with Crippen molar-refractivity contribution in [3.8, 4) is 0 Å². The van der Waals surface area contributed by atoms with Gasteiger partial charge in [-0.1, -0.05) is 18.6 Å². The van der Waals surface area contributed by atoms with Crippen LogP contribution < -0.4 is 4.72 Å². The van der Waals surface area contributed by atoms with E-state index in [1.165, 1.54) is 31.9 Å². The van der Waals surface area contributed by atoms with Gasteiger partial charge in [0.1, 0.15) is 0 Å². The molecular formula is C16H22N2O3S. The summed E-state index contributed by atoms with van der Waals surface area (Å²) in [6.07, 6.45) is 4.32. The monoisotopic (exact) mass is 322 g/mol. The molecule has 0 aliphatic carbocycles. The largest absolute Gasteiger partial charge is 0.299 e. The highest BCUT2D eigenvalue weighted by Crippen LogP contribution is 2.28. The number of ketones is 1. The van der Waals surface area contributed by atoms with Gasteiger partial charge in [0, 0.05) is 24.2 Å². The van der Waals surface area contributed by atoms with Crippen molar-refractivity contribution >= 4 is 15.8 Å². The van der Waals surface area contributed by atoms with Gasteiger partial charge in [-0.05, 0) is 44.9 Å². The minimum Gasteiger partial charge on any atom is -0.299 e. The van der Waals surface area contributed by atoms with Gasteiger partial charge in [0.05, 0.1) is 4.90 Å². The molecule has 22 heavy (non-hydrogen) atoms. The number of piperidine rings is 1. The van der Waals surface area contributed by atoms with E-state index in [-0.39, 0.29) is 16.7 Å². The van der Waals surface area contributed by atoms with Crippen LogP contribution in [0.1, 0.15) is 43.0 Å². The smallest absolute Gasteiger partial charge is 0.240 e. The number of carbonyl (C=O) groups excluding carboxylic acids is 1. The molecule has 2 atom stereocenters. The molecule has 2 fully saturated rings. The summed E-state index contributed by atoms with van der Waals surface area (Å²) in [4.78, 5) is 13.9. The van der Waals surface area contributed by atoms with Crippen molar-refractivity contribution < 1.29 is 13.2 Å². The Bertz CT molecular complexity index is 654. The standard InChI is InChI=1S/C16H22N2O3S/c1-12(19)13-5-7-14(8-6-13)22(20,21)17-15-9-11-18-10-3-2-4-16(15)18/h5-8,15-17H,2-4,9-11H2,1H3/t15-,16-/m1/s1. The number of Topliss-reactive ketones (excluding diaryl/α,β-unsaturated/α-hetero) is 1. The highest BCUT2D eigenvalue weighted by molar-refractivity contribution is 7.89. The summed E-state index contributed by atoms with van der Waals surface area (Å²) < 4.78 is 27.9. The molecule has 0 amide bonds. The van der Waals surface area contributed by atoms with Crippen LogP contribution in [-0.2, 0) is 10.0 Å². The maximum absolute atomic E-state index is 12.5. The molecule has 3 rings (SSSR count). The van der Waals surface area contributed by atoms with E-state index < -0.39 is 10.0 Å². The zero-order chi connectivity index (χ0) is 15.7. The number of fused-ring (bicyclic) bond motifs is 1. The van der Waals surface area contributed by atoms with Crippen molar-refractivity contribution in [2.75, 3.05) is 13.1 Å². The minimum atomic E-state index is -3.52. The molecule has 2 heterocycles. The van der Waals surface area contributed by atoms with E-state index in [1.54, 1.807) is 12.1 Å². The Hall–Kier alpha value is -1.24. The van der Waals surface area contributed by atoms with Gasteiger partial charge in [0.2, 0.25) is 10.0 Å². The third-order valence-electron chi connectivity index (χ3n) is 4.73. The maximum Gasteiger partial charge on any atom is 0.240 e. The van der Waals surface area contributed by atoms with Gasteiger partial charge in [-0.15, -0.1) is 0 Å². The quantitative estimate of drug-likeness (QED) is 0.858. The molecule has 1 aromatic carbocycles. The summed E-state index contributed by atoms with van der Waals surface area (Å²) in [5.74, 6) is -0.0643. The van der Waals surface area contributed by atoms with Gasteiger partial charge in [-0.25, -0.2) is 13.1 Å². The van der Waals surface area contributed by atoms with E-state index in [2.05, 4.69) is 9.62 Å². The number of hydrogen-bond donors (Lipinski definition) is 1. The Balaban J connectivity index is 1.74. The lowest BCUT2D eigenvalue weighted by Gasteiger charge is -2.32. The zero-order valence-electron chi connectivity index (χ0n) is 12.8. The van der Waals surface area contributed by atoms with Crippen molar-refractivity contribution in [3.05, 3.63) is 29.8 Å². The average Bonchev–Trinajstić information content (AvgIpc) is 2.90. The van der Waals surface area contributed by atoms with Crippen LogP contribution in [0.3, 0.4) is 0 Å². The molecule has 2 aliphatic rings. The first kappa shape index (κ1) is 15.6. The molecule has 0 bridgehead atoms. The Morgan fingerprint density at radius 3 is 2.55 bits per heavy atom. The predicted molar refractivity (Wildman–Crippen MR) is 84.4 cm³/mol. The van der Waals surface area contributed by atoms with Crippen LogP contribution in [0.2, 0.25) is 0 Å². The van der Waals surface area contributed by atoms with E-state index in [4.69, 9.17) is 0 Å². The van der Waals surface area contributed by atoms with E-state index in [0.29, 0.717) is 11.6 Å². The zero-order valence-corrected chi connectivity index (χ0v) is 13.6. The van der Waals surface area contributed by atoms with Crippen LogP contribution in [0.15, 0.2) is 29.2 Å². The molecule has 0 radical (unpaired) electrons. The van der Waals surface area contributed by atoms with Gasteiger partial charge in [0.15, 0.2) is 5.78 Å². The fourth-order valence-electron chi connectivity index (χ4n) is 3.52. The molecule has 0 saturated carbocycles. The van der Waals surface area contributed by atoms with Crippen molar-refractivity contribution in [1.82, 2.24) is 9.62 Å². The Morgan fingerprint density at radius 1 is 1.14 bits per heavy atom. The van der Waals surface area contributed by atoms with Gasteiger partial charge in [-0.3, -0.25) is 9.69 Å². The SMILES string of the molecule is CC(=O)c1ccc(S(=O)(=O)N[C@@H]2CCN3CCCC[C@H]23)cc1. The lowest BCUT2D eigenvalue weighted by Crippen LogP contribution is -2.46. The maximum atomic E-state index is 12.5. The lowest BCUT2D eigenvalue weighted by atomic mass is 10.00. The molecule has 120 valence electrons. The van der Waals surface area contributed by atoms with Crippen LogP contribution in [0.5, 0.6) is 0 Å². The molecule has 2 aliphatic heterocycles. The van der Waals surface area contributed by atoms with Crippen molar-refractivity contribution in [2.24, 2.45) is 0 Å². The first-order chi connectivity index (χ1) is 10.5. The average molecular weight is 322 g/mol. The Morgan fingerprint density at radius 2 is 1.86 bits per heavy atom. The number of hydrogen-bond acceptors (Lipinski definition) is 4. The van der Waals surface area contributed by atoms with E-state index in [0.717, 1.165) is 25.9 Å². The summed E-state index contributed by atoms with van der Waals surface area (Å²) in [6.45, 7) is 3.52. The van der Waals surface area contributed by atoms with Crippen molar-refractivity contribution in [1.29, 1.82) is 0 Å². The Kier molecular flexibility index (Phi) is 4.34. The van der Waals surface area contributed by atoms with E-state index in [9.17, 15) is 13.2 Å². The van der Waals surface area contributed by atoms with Gasteiger partial charge in [0.25, 0.3) is 0 Å². The molecule has 1 N–H and O–H groups in total. The number of nitrogens with zero attached hydrogens (tertiary/aromatic N) is 1. The highest BCUT2D eigenvalue weighted by atomic mass is 32.2. The van der Waals surface area contributed by atoms with Gasteiger partial charge < -0.3 is 0 Å². The third-order valence-corrected chi connectivity index (χ3v) is 6.24. The van der Waals surface area contributed by atoms with Gasteiger partial charge >= 0.3 is 0 Å². The van der Waals surface area contributed by atoms with Crippen LogP contribution in [0, 0.1) is 0 Å². The summed E-state index contributed by atoms with van der Waals surface area (Å²) in [7, 11) is -3.52. The van der Waals surface area contributed by atoms with Crippen LogP contribution >= 0.6 is 0 Å².